The molecule has 10 N–H and O–H groups in total. The number of nitrogens with one attached hydrogen (secondary N) is 3. The number of anilines is 1. The fourth-order valence-corrected chi connectivity index (χ4v) is 5.22. The summed E-state index contributed by atoms with van der Waals surface area (Å²) in [5.74, 6) is -1.25. The van der Waals surface area contributed by atoms with E-state index in [-0.39, 0.29) is 43.0 Å². The topological polar surface area (TPSA) is 224 Å². The summed E-state index contributed by atoms with van der Waals surface area (Å²) in [6, 6.07) is 22.5. The Morgan fingerprint density at radius 1 is 0.855 bits per heavy atom. The van der Waals surface area contributed by atoms with Gasteiger partial charge in [0, 0.05) is 43.6 Å². The number of ether oxygens (including phenoxy) is 1. The first kappa shape index (κ1) is 47.2. The minimum Gasteiger partial charge on any atom is -0.508 e. The zero-order chi connectivity index (χ0) is 41.2. The highest BCUT2D eigenvalue weighted by Gasteiger charge is 2.28. The molecule has 3 aromatic carbocycles. The van der Waals surface area contributed by atoms with Crippen LogP contribution in [0.25, 0.3) is 5.57 Å². The van der Waals surface area contributed by atoms with Gasteiger partial charge < -0.3 is 43.0 Å². The van der Waals surface area contributed by atoms with Gasteiger partial charge in [-0.1, -0.05) is 94.4 Å². The van der Waals surface area contributed by atoms with E-state index in [1.54, 1.807) is 19.2 Å². The van der Waals surface area contributed by atoms with E-state index in [9.17, 15) is 19.2 Å². The van der Waals surface area contributed by atoms with Gasteiger partial charge in [-0.05, 0) is 67.0 Å². The highest BCUT2D eigenvalue weighted by molar-refractivity contribution is 5.92. The van der Waals surface area contributed by atoms with Crippen LogP contribution in [0.4, 0.5) is 5.69 Å². The molecule has 0 saturated heterocycles. The Bertz CT molecular complexity index is 1640. The number of benzene rings is 3. The maximum absolute atomic E-state index is 13.3. The molecule has 3 unspecified atom stereocenters. The second-order valence-corrected chi connectivity index (χ2v) is 12.9. The molecule has 0 aliphatic rings. The summed E-state index contributed by atoms with van der Waals surface area (Å²) in [6.45, 7) is 10.4. The number of primary amides is 1. The first-order valence-corrected chi connectivity index (χ1v) is 18.5. The third kappa shape index (κ3) is 19.7. The molecule has 0 spiro atoms. The van der Waals surface area contributed by atoms with Crippen LogP contribution in [0.3, 0.4) is 0 Å². The number of aromatic hydroxyl groups is 1. The van der Waals surface area contributed by atoms with Crippen molar-refractivity contribution in [1.82, 2.24) is 10.6 Å². The van der Waals surface area contributed by atoms with Gasteiger partial charge in [-0.25, -0.2) is 4.79 Å². The first-order chi connectivity index (χ1) is 26.3. The van der Waals surface area contributed by atoms with E-state index in [0.29, 0.717) is 30.7 Å². The number of phenols is 1. The van der Waals surface area contributed by atoms with Crippen molar-refractivity contribution in [3.8, 4) is 5.75 Å². The fourth-order valence-electron chi connectivity index (χ4n) is 5.22. The Morgan fingerprint density at radius 3 is 2.04 bits per heavy atom. The van der Waals surface area contributed by atoms with Crippen molar-refractivity contribution in [3.05, 3.63) is 102 Å². The van der Waals surface area contributed by atoms with E-state index in [1.807, 2.05) is 80.6 Å². The van der Waals surface area contributed by atoms with E-state index in [4.69, 9.17) is 27.0 Å². The molecule has 0 bridgehead atoms. The van der Waals surface area contributed by atoms with Crippen LogP contribution in [0.5, 0.6) is 5.75 Å². The molecule has 0 radical (unpaired) electrons. The van der Waals surface area contributed by atoms with Gasteiger partial charge in [0.1, 0.15) is 17.8 Å². The molecule has 0 heterocycles. The van der Waals surface area contributed by atoms with Crippen molar-refractivity contribution < 1.29 is 29.0 Å². The van der Waals surface area contributed by atoms with E-state index < -0.39 is 24.0 Å². The molecule has 3 aromatic rings. The van der Waals surface area contributed by atoms with Gasteiger partial charge >= 0.3 is 5.97 Å². The van der Waals surface area contributed by atoms with Crippen molar-refractivity contribution in [2.45, 2.75) is 84.2 Å². The van der Waals surface area contributed by atoms with E-state index in [2.05, 4.69) is 34.4 Å². The molecular formula is C42H61N7O6. The third-order valence-corrected chi connectivity index (χ3v) is 8.46. The number of phenolic OH excluding ortho intramolecular Hbond substituents is 1. The number of para-hydroxylation sites is 1. The number of rotatable bonds is 19. The molecule has 3 atom stereocenters. The maximum atomic E-state index is 13.3. The minimum absolute atomic E-state index is 0.0518. The molecule has 13 nitrogen and oxygen atoms in total. The second-order valence-electron chi connectivity index (χ2n) is 12.9. The Balaban J connectivity index is 0.000000726. The third-order valence-electron chi connectivity index (χ3n) is 8.46. The number of nitrogens with zero attached hydrogens (tertiary/aromatic N) is 1. The second kappa shape index (κ2) is 26.8. The van der Waals surface area contributed by atoms with Gasteiger partial charge in [0.2, 0.25) is 17.7 Å². The van der Waals surface area contributed by atoms with E-state index >= 15 is 0 Å². The standard InChI is InChI=1S/C28H38N6O4.C8H10O.C6H13NO/c1-19(21-12-7-8-13-22(21)31-2)18-24(27(37)38-3)34-26(36)23(14-9-17-32-28(29)30)33-25(35)16-15-20-10-5-4-6-11-20;1-2-7-3-5-8(9)6-4-7;1-3-4-5(2)6(7)8/h4-8,10-13,23-24,31H,1,9,14-18H2,2-3H3,(H,33,35)(H,34,36)(H4,29,30,32);3-6,9H,2H2,1H3;5H,3-4H2,1-2H3,(H2,7,8). The summed E-state index contributed by atoms with van der Waals surface area (Å²) in [7, 11) is 3.04. The number of carbonyl (C=O) groups excluding carboxylic acids is 4. The molecule has 0 fully saturated rings. The number of amides is 3. The molecule has 300 valence electrons. The highest BCUT2D eigenvalue weighted by atomic mass is 16.5. The molecule has 0 saturated carbocycles. The van der Waals surface area contributed by atoms with Crippen molar-refractivity contribution in [2.75, 3.05) is 26.0 Å². The summed E-state index contributed by atoms with van der Waals surface area (Å²) in [5, 5.41) is 17.5. The van der Waals surface area contributed by atoms with Gasteiger partial charge in [-0.15, -0.1) is 0 Å². The predicted molar refractivity (Wildman–Crippen MR) is 221 cm³/mol. The highest BCUT2D eigenvalue weighted by Crippen LogP contribution is 2.26. The van der Waals surface area contributed by atoms with Crippen LogP contribution in [-0.4, -0.2) is 67.5 Å². The zero-order valence-corrected chi connectivity index (χ0v) is 33.0. The smallest absolute Gasteiger partial charge is 0.328 e. The monoisotopic (exact) mass is 759 g/mol. The lowest BCUT2D eigenvalue weighted by molar-refractivity contribution is -0.145. The largest absolute Gasteiger partial charge is 0.508 e. The lowest BCUT2D eigenvalue weighted by atomic mass is 9.98. The zero-order valence-electron chi connectivity index (χ0n) is 33.0. The molecule has 0 aliphatic heterocycles. The van der Waals surface area contributed by atoms with Crippen LogP contribution >= 0.6 is 0 Å². The summed E-state index contributed by atoms with van der Waals surface area (Å²) in [6.07, 6.45) is 4.56. The average Bonchev–Trinajstić information content (AvgIpc) is 3.18. The average molecular weight is 760 g/mol. The lowest BCUT2D eigenvalue weighted by Gasteiger charge is -2.23. The van der Waals surface area contributed by atoms with E-state index in [0.717, 1.165) is 36.1 Å². The Kier molecular flexibility index (Phi) is 23.0. The number of guanidine groups is 1. The summed E-state index contributed by atoms with van der Waals surface area (Å²) < 4.78 is 4.94. The Hall–Kier alpha value is -5.85. The normalized spacial score (nSPS) is 11.7. The van der Waals surface area contributed by atoms with Crippen LogP contribution in [0.15, 0.2) is 90.4 Å². The van der Waals surface area contributed by atoms with Gasteiger partial charge in [-0.2, -0.15) is 0 Å². The van der Waals surface area contributed by atoms with Gasteiger partial charge in [0.15, 0.2) is 5.96 Å². The fraction of sp³-hybridized carbons (Fsp3) is 0.405. The minimum atomic E-state index is -0.994. The number of aliphatic imine (C=N–C) groups is 1. The molecule has 3 rings (SSSR count). The van der Waals surface area contributed by atoms with Crippen molar-refractivity contribution in [1.29, 1.82) is 0 Å². The van der Waals surface area contributed by atoms with Crippen LogP contribution in [0, 0.1) is 5.92 Å². The van der Waals surface area contributed by atoms with Crippen LogP contribution in [0.2, 0.25) is 0 Å². The molecule has 13 heteroatoms. The van der Waals surface area contributed by atoms with Gasteiger partial charge in [0.25, 0.3) is 0 Å². The Labute approximate surface area is 326 Å². The number of methoxy groups -OCH3 is 1. The predicted octanol–water partition coefficient (Wildman–Crippen LogP) is 4.82. The first-order valence-electron chi connectivity index (χ1n) is 18.5. The molecule has 0 aromatic heterocycles. The van der Waals surface area contributed by atoms with Crippen molar-refractivity contribution in [2.24, 2.45) is 28.1 Å². The molecule has 55 heavy (non-hydrogen) atoms. The molecule has 0 aliphatic carbocycles. The summed E-state index contributed by atoms with van der Waals surface area (Å²) >= 11 is 0. The van der Waals surface area contributed by atoms with E-state index in [1.165, 1.54) is 12.7 Å². The van der Waals surface area contributed by atoms with Gasteiger partial charge in [0.05, 0.1) is 7.11 Å². The quantitative estimate of drug-likeness (QED) is 0.0384. The van der Waals surface area contributed by atoms with Crippen LogP contribution < -0.4 is 33.2 Å². The summed E-state index contributed by atoms with van der Waals surface area (Å²) in [5.41, 5.74) is 20.3. The SMILES string of the molecule is C=C(CC(NC(=O)C(CCCN=C(N)N)NC(=O)CCc1ccccc1)C(=O)OC)c1ccccc1NC.CCCC(C)C(N)=O.CCc1ccc(O)cc1. The number of esters is 1. The number of carbonyl (C=O) groups is 4. The number of hydrogen-bond donors (Lipinski definition) is 7. The Morgan fingerprint density at radius 2 is 1.49 bits per heavy atom. The maximum Gasteiger partial charge on any atom is 0.328 e. The lowest BCUT2D eigenvalue weighted by Crippen LogP contribution is -2.52. The van der Waals surface area contributed by atoms with Crippen LogP contribution in [-0.2, 0) is 36.8 Å². The van der Waals surface area contributed by atoms with Crippen LogP contribution in [0.1, 0.15) is 76.0 Å². The van der Waals surface area contributed by atoms with Gasteiger partial charge in [-0.3, -0.25) is 19.4 Å². The molecule has 3 amide bonds. The number of aryl methyl sites for hydroxylation is 2. The number of nitrogens with two attached hydrogens (primary N) is 3. The number of hydrogen-bond acceptors (Lipinski definition) is 8. The van der Waals surface area contributed by atoms with Crippen molar-refractivity contribution >= 4 is 40.9 Å². The molecular weight excluding hydrogens is 699 g/mol. The summed E-state index contributed by atoms with van der Waals surface area (Å²) in [4.78, 5) is 52.8. The van der Waals surface area contributed by atoms with Crippen molar-refractivity contribution in [3.63, 3.8) is 0 Å².